The third kappa shape index (κ3) is 12.2. The number of hydrogen-bond donors (Lipinski definition) is 0. The number of rotatable bonds is 25. The zero-order chi connectivity index (χ0) is 41.9. The van der Waals surface area contributed by atoms with Crippen molar-refractivity contribution < 1.29 is 28.4 Å². The molecule has 5 rings (SSSR count). The van der Waals surface area contributed by atoms with Crippen LogP contribution in [0.25, 0.3) is 0 Å². The molecular formula is C52H66O6. The van der Waals surface area contributed by atoms with Gasteiger partial charge in [-0.15, -0.1) is 6.58 Å². The van der Waals surface area contributed by atoms with Crippen LogP contribution in [0.4, 0.5) is 0 Å². The molecule has 3 unspecified atom stereocenters. The Morgan fingerprint density at radius 3 is 1.76 bits per heavy atom. The van der Waals surface area contributed by atoms with Crippen molar-refractivity contribution in [1.82, 2.24) is 0 Å². The summed E-state index contributed by atoms with van der Waals surface area (Å²) in [6.07, 6.45) is 10.7. The Morgan fingerprint density at radius 2 is 1.24 bits per heavy atom. The van der Waals surface area contributed by atoms with Gasteiger partial charge in [0.2, 0.25) is 0 Å². The van der Waals surface area contributed by atoms with Gasteiger partial charge in [-0.25, -0.2) is 0 Å². The van der Waals surface area contributed by atoms with Gasteiger partial charge in [-0.2, -0.15) is 0 Å². The molecule has 3 atom stereocenters. The molecule has 6 heteroatoms. The van der Waals surface area contributed by atoms with Gasteiger partial charge >= 0.3 is 0 Å². The van der Waals surface area contributed by atoms with Crippen LogP contribution >= 0.6 is 0 Å². The highest BCUT2D eigenvalue weighted by atomic mass is 16.6. The van der Waals surface area contributed by atoms with Gasteiger partial charge < -0.3 is 28.4 Å². The lowest BCUT2D eigenvalue weighted by Gasteiger charge is -2.34. The zero-order valence-corrected chi connectivity index (χ0v) is 36.2. The minimum atomic E-state index is -0.541. The second-order valence-electron chi connectivity index (χ2n) is 16.9. The van der Waals surface area contributed by atoms with E-state index in [1.165, 1.54) is 11.1 Å². The van der Waals surface area contributed by atoms with Crippen molar-refractivity contribution in [3.05, 3.63) is 167 Å². The summed E-state index contributed by atoms with van der Waals surface area (Å²) in [5, 5.41) is 0. The van der Waals surface area contributed by atoms with Crippen LogP contribution in [0.1, 0.15) is 94.2 Å². The number of benzene rings is 3. The van der Waals surface area contributed by atoms with Gasteiger partial charge in [-0.1, -0.05) is 111 Å². The minimum absolute atomic E-state index is 0.165. The molecule has 2 fully saturated rings. The Hall–Kier alpha value is -4.62. The molecule has 58 heavy (non-hydrogen) atoms. The molecule has 2 aliphatic rings. The van der Waals surface area contributed by atoms with Gasteiger partial charge in [-0.05, 0) is 104 Å². The number of epoxide rings is 2. The number of ether oxygens (including phenoxy) is 6. The topological polar surface area (TPSA) is 62.0 Å². The van der Waals surface area contributed by atoms with Crippen molar-refractivity contribution in [2.24, 2.45) is 0 Å². The zero-order valence-electron chi connectivity index (χ0n) is 36.2. The standard InChI is InChI=1S/C52H66O6/c1-12-41(18-22-46(21-13-36(2)3)54-26-25-47-33-56-47)51(8,9)42-14-16-43(17-15-42)52(10,44-19-23-49(55-28-27-53-11)39(31-44)29-37(4)5)45-20-24-50(58-35-48-34-57-48)40(32-45)30-38(6)7/h12,14-20,22-24,31-32,47-48H,1-2,4,6,13,21,25-30,33-35H2,3,5,7-11H3/b41-18+,46-22+. The van der Waals surface area contributed by atoms with Gasteiger partial charge in [-0.3, -0.25) is 0 Å². The van der Waals surface area contributed by atoms with E-state index in [1.54, 1.807) is 7.11 Å². The summed E-state index contributed by atoms with van der Waals surface area (Å²) >= 11 is 0. The van der Waals surface area contributed by atoms with Crippen molar-refractivity contribution in [3.63, 3.8) is 0 Å². The molecule has 2 saturated heterocycles. The van der Waals surface area contributed by atoms with Crippen molar-refractivity contribution >= 4 is 0 Å². The van der Waals surface area contributed by atoms with E-state index in [-0.39, 0.29) is 11.5 Å². The molecule has 0 aromatic heterocycles. The van der Waals surface area contributed by atoms with Crippen molar-refractivity contribution in [3.8, 4) is 11.5 Å². The van der Waals surface area contributed by atoms with Crippen LogP contribution in [-0.2, 0) is 42.6 Å². The third-order valence-corrected chi connectivity index (χ3v) is 11.1. The van der Waals surface area contributed by atoms with E-state index < -0.39 is 5.41 Å². The van der Waals surface area contributed by atoms with Gasteiger partial charge in [0.25, 0.3) is 0 Å². The Kier molecular flexibility index (Phi) is 15.6. The first-order chi connectivity index (χ1) is 27.7. The third-order valence-electron chi connectivity index (χ3n) is 11.1. The summed E-state index contributed by atoms with van der Waals surface area (Å²) in [5.74, 6) is 2.67. The first-order valence-corrected chi connectivity index (χ1v) is 20.7. The summed E-state index contributed by atoms with van der Waals surface area (Å²) in [6.45, 7) is 33.6. The Balaban J connectivity index is 1.56. The molecule has 6 nitrogen and oxygen atoms in total. The lowest BCUT2D eigenvalue weighted by Crippen LogP contribution is -2.27. The molecule has 0 saturated carbocycles. The molecule has 0 radical (unpaired) electrons. The molecule has 2 heterocycles. The number of hydrogen-bond acceptors (Lipinski definition) is 6. The molecule has 0 aliphatic carbocycles. The van der Waals surface area contributed by atoms with Gasteiger partial charge in [0, 0.05) is 30.8 Å². The fraction of sp³-hybridized carbons (Fsp3) is 0.423. The average Bonchev–Trinajstić information content (AvgIpc) is 4.13. The van der Waals surface area contributed by atoms with E-state index in [1.807, 2.05) is 6.08 Å². The van der Waals surface area contributed by atoms with Crippen LogP contribution < -0.4 is 9.47 Å². The molecule has 2 aliphatic heterocycles. The highest BCUT2D eigenvalue weighted by Crippen LogP contribution is 2.43. The van der Waals surface area contributed by atoms with E-state index in [4.69, 9.17) is 28.4 Å². The van der Waals surface area contributed by atoms with Crippen LogP contribution in [0.5, 0.6) is 11.5 Å². The number of allylic oxidation sites excluding steroid dienone is 8. The van der Waals surface area contributed by atoms with Crippen molar-refractivity contribution in [2.75, 3.05) is 46.8 Å². The van der Waals surface area contributed by atoms with Gasteiger partial charge in [0.15, 0.2) is 0 Å². The van der Waals surface area contributed by atoms with Crippen LogP contribution in [0.3, 0.4) is 0 Å². The normalized spacial score (nSPS) is 17.6. The minimum Gasteiger partial charge on any atom is -0.498 e. The van der Waals surface area contributed by atoms with Gasteiger partial charge in [0.1, 0.15) is 30.8 Å². The SMILES string of the molecule is C=C/C(=C\C=C(/CCC(=C)C)OCCC1CO1)C(C)(C)c1ccc(C(C)(c2ccc(OCCOC)c(CC(=C)C)c2)c2ccc(OCC3CO3)c(CC(=C)C)c2)cc1. The second kappa shape index (κ2) is 20.4. The predicted octanol–water partition coefficient (Wildman–Crippen LogP) is 11.5. The largest absolute Gasteiger partial charge is 0.498 e. The van der Waals surface area contributed by atoms with E-state index in [0.717, 1.165) is 94.3 Å². The maximum Gasteiger partial charge on any atom is 0.122 e. The fourth-order valence-corrected chi connectivity index (χ4v) is 7.27. The van der Waals surface area contributed by atoms with Crippen LogP contribution in [-0.4, -0.2) is 59.0 Å². The lowest BCUT2D eigenvalue weighted by atomic mass is 9.69. The van der Waals surface area contributed by atoms with Crippen LogP contribution in [0, 0.1) is 0 Å². The van der Waals surface area contributed by atoms with Crippen molar-refractivity contribution in [2.45, 2.75) is 96.7 Å². The monoisotopic (exact) mass is 786 g/mol. The summed E-state index contributed by atoms with van der Waals surface area (Å²) in [6, 6.07) is 22.3. The Morgan fingerprint density at radius 1 is 0.690 bits per heavy atom. The highest BCUT2D eigenvalue weighted by Gasteiger charge is 2.34. The van der Waals surface area contributed by atoms with E-state index in [0.29, 0.717) is 45.4 Å². The van der Waals surface area contributed by atoms with E-state index >= 15 is 0 Å². The summed E-state index contributed by atoms with van der Waals surface area (Å²) in [7, 11) is 1.69. The van der Waals surface area contributed by atoms with E-state index in [2.05, 4.69) is 141 Å². The molecule has 0 N–H and O–H groups in total. The number of methoxy groups -OCH3 is 1. The molecule has 3 aromatic rings. The van der Waals surface area contributed by atoms with Crippen LogP contribution in [0.2, 0.25) is 0 Å². The molecule has 0 spiro atoms. The van der Waals surface area contributed by atoms with Crippen LogP contribution in [0.15, 0.2) is 133 Å². The lowest BCUT2D eigenvalue weighted by molar-refractivity contribution is 0.146. The fourth-order valence-electron chi connectivity index (χ4n) is 7.27. The molecule has 0 amide bonds. The smallest absolute Gasteiger partial charge is 0.122 e. The molecular weight excluding hydrogens is 721 g/mol. The highest BCUT2D eigenvalue weighted by molar-refractivity contribution is 5.56. The molecule has 3 aromatic carbocycles. The summed E-state index contributed by atoms with van der Waals surface area (Å²) < 4.78 is 34.9. The maximum absolute atomic E-state index is 6.31. The summed E-state index contributed by atoms with van der Waals surface area (Å²) in [5.41, 5.74) is 10.4. The first kappa shape index (κ1) is 44.5. The second-order valence-corrected chi connectivity index (χ2v) is 16.9. The summed E-state index contributed by atoms with van der Waals surface area (Å²) in [4.78, 5) is 0. The van der Waals surface area contributed by atoms with E-state index in [9.17, 15) is 0 Å². The quantitative estimate of drug-likeness (QED) is 0.0213. The van der Waals surface area contributed by atoms with Crippen molar-refractivity contribution in [1.29, 1.82) is 0 Å². The molecule has 310 valence electrons. The molecule has 0 bridgehead atoms. The predicted molar refractivity (Wildman–Crippen MR) is 238 cm³/mol. The Bertz CT molecular complexity index is 1970. The Labute approximate surface area is 348 Å². The first-order valence-electron chi connectivity index (χ1n) is 20.7. The maximum atomic E-state index is 6.31. The average molecular weight is 787 g/mol. The van der Waals surface area contributed by atoms with Gasteiger partial charge in [0.05, 0.1) is 38.3 Å².